The van der Waals surface area contributed by atoms with Gasteiger partial charge in [0.05, 0.1) is 71.5 Å². The molecule has 6 N–H and O–H groups in total. The molecule has 0 saturated carbocycles. The third-order valence-corrected chi connectivity index (χ3v) is 8.73. The molecule has 4 heterocycles. The van der Waals surface area contributed by atoms with Crippen molar-refractivity contribution in [2.24, 2.45) is 0 Å². The highest BCUT2D eigenvalue weighted by Crippen LogP contribution is 2.29. The second kappa shape index (κ2) is 20.4. The first-order chi connectivity index (χ1) is 24.1. The number of aromatic nitrogens is 3. The summed E-state index contributed by atoms with van der Waals surface area (Å²) >= 11 is 1.60. The fraction of sp³-hybridized carbons (Fsp3) is 0.733. The number of amides is 1. The number of carbonyl (C=O) groups excluding carboxylic acids is 1. The zero-order chi connectivity index (χ0) is 36.0. The van der Waals surface area contributed by atoms with Gasteiger partial charge in [-0.1, -0.05) is 5.21 Å². The lowest BCUT2D eigenvalue weighted by Gasteiger charge is -2.44. The van der Waals surface area contributed by atoms with Gasteiger partial charge in [0.1, 0.15) is 48.4 Å². The summed E-state index contributed by atoms with van der Waals surface area (Å²) in [4.78, 5) is 24.4. The van der Waals surface area contributed by atoms with E-state index in [1.807, 2.05) is 23.0 Å². The summed E-state index contributed by atoms with van der Waals surface area (Å²) in [5.41, 5.74) is 1.86. The molecule has 0 radical (unpaired) electrons. The summed E-state index contributed by atoms with van der Waals surface area (Å²) in [6.45, 7) is 2.34. The average molecular weight is 735 g/mol. The first-order valence-corrected chi connectivity index (χ1v) is 16.9. The van der Waals surface area contributed by atoms with Crippen LogP contribution >= 0.6 is 11.3 Å². The van der Waals surface area contributed by atoms with Crippen LogP contribution in [-0.4, -0.2) is 181 Å². The first kappa shape index (κ1) is 40.1. The molecular formula is C30H46N4O15S. The average Bonchev–Trinajstić information content (AvgIpc) is 3.81. The van der Waals surface area contributed by atoms with Gasteiger partial charge in [0.25, 0.3) is 0 Å². The van der Waals surface area contributed by atoms with Crippen molar-refractivity contribution in [2.75, 3.05) is 67.0 Å². The number of ether oxygens (including phenoxy) is 8. The Kier molecular flexibility index (Phi) is 16.3. The number of hydrogen-bond acceptors (Lipinski definition) is 17. The highest BCUT2D eigenvalue weighted by molar-refractivity contribution is 7.08. The lowest BCUT2D eigenvalue weighted by Crippen LogP contribution is -2.63. The number of nitrogens with zero attached hydrogens (tertiary/aromatic N) is 3. The van der Waals surface area contributed by atoms with Gasteiger partial charge in [0.15, 0.2) is 12.4 Å². The maximum atomic E-state index is 12.7. The number of carbonyl (C=O) groups is 2. The van der Waals surface area contributed by atoms with Crippen molar-refractivity contribution < 1.29 is 73.0 Å². The Balaban J connectivity index is 1.08. The number of aliphatic hydroxyl groups is 4. The third-order valence-electron chi connectivity index (χ3n) is 8.05. The Hall–Kier alpha value is -2.70. The normalized spacial score (nSPS) is 30.0. The predicted octanol–water partition coefficient (Wildman–Crippen LogP) is -2.37. The second-order valence-corrected chi connectivity index (χ2v) is 12.2. The van der Waals surface area contributed by atoms with Gasteiger partial charge in [-0.05, 0) is 11.4 Å². The molecule has 10 unspecified atom stereocenters. The molecule has 20 heteroatoms. The van der Waals surface area contributed by atoms with Crippen LogP contribution < -0.4 is 5.32 Å². The molecule has 2 saturated heterocycles. The SMILES string of the molecule is COC1OC(C(=O)O)C(OCC2OC(CC(=O)NCCOCCOCCOCCn3cc(-c4ccsc4)nn3)C(OC)C(O)C2O)C(O)C1O. The van der Waals surface area contributed by atoms with Crippen molar-refractivity contribution in [3.05, 3.63) is 23.0 Å². The molecule has 0 bridgehead atoms. The van der Waals surface area contributed by atoms with Crippen LogP contribution in [0.2, 0.25) is 0 Å². The topological polar surface area (TPSA) is 252 Å². The maximum absolute atomic E-state index is 12.7. The summed E-state index contributed by atoms with van der Waals surface area (Å²) in [6.07, 6.45) is -12.8. The van der Waals surface area contributed by atoms with Crippen LogP contribution in [0.15, 0.2) is 23.0 Å². The van der Waals surface area contributed by atoms with Crippen LogP contribution in [0.5, 0.6) is 0 Å². The predicted molar refractivity (Wildman–Crippen MR) is 170 cm³/mol. The molecule has 2 aromatic rings. The van der Waals surface area contributed by atoms with E-state index in [4.69, 9.17) is 37.9 Å². The number of carboxylic acids is 1. The van der Waals surface area contributed by atoms with Crippen molar-refractivity contribution in [3.8, 4) is 11.3 Å². The van der Waals surface area contributed by atoms with E-state index in [1.54, 1.807) is 16.0 Å². The first-order valence-electron chi connectivity index (χ1n) is 16.0. The molecular weight excluding hydrogens is 688 g/mol. The number of nitrogens with one attached hydrogen (secondary N) is 1. The van der Waals surface area contributed by atoms with Crippen LogP contribution in [0.4, 0.5) is 0 Å². The van der Waals surface area contributed by atoms with E-state index >= 15 is 0 Å². The van der Waals surface area contributed by atoms with Crippen LogP contribution in [-0.2, 0) is 54.0 Å². The van der Waals surface area contributed by atoms with Crippen molar-refractivity contribution in [3.63, 3.8) is 0 Å². The summed E-state index contributed by atoms with van der Waals surface area (Å²) in [5.74, 6) is -1.93. The Bertz CT molecular complexity index is 1290. The van der Waals surface area contributed by atoms with Gasteiger partial charge in [-0.25, -0.2) is 9.48 Å². The number of methoxy groups -OCH3 is 2. The van der Waals surface area contributed by atoms with E-state index in [1.165, 1.54) is 14.2 Å². The zero-order valence-electron chi connectivity index (χ0n) is 27.7. The van der Waals surface area contributed by atoms with Gasteiger partial charge >= 0.3 is 5.97 Å². The minimum absolute atomic E-state index is 0.182. The number of carboxylic acid groups (broad SMARTS) is 1. The minimum atomic E-state index is -1.72. The summed E-state index contributed by atoms with van der Waals surface area (Å²) in [5, 5.41) is 66.4. The van der Waals surface area contributed by atoms with Crippen LogP contribution in [0.1, 0.15) is 6.42 Å². The molecule has 19 nitrogen and oxygen atoms in total. The molecule has 50 heavy (non-hydrogen) atoms. The Labute approximate surface area is 291 Å². The molecule has 2 aliphatic rings. The van der Waals surface area contributed by atoms with Crippen LogP contribution in [0.25, 0.3) is 11.3 Å². The van der Waals surface area contributed by atoms with Crippen LogP contribution in [0, 0.1) is 0 Å². The number of aliphatic carboxylic acids is 1. The summed E-state index contributed by atoms with van der Waals surface area (Å²) in [6, 6.07) is 1.99. The molecule has 282 valence electrons. The molecule has 1 amide bonds. The number of aliphatic hydroxyl groups excluding tert-OH is 4. The quantitative estimate of drug-likeness (QED) is 0.0733. The maximum Gasteiger partial charge on any atom is 0.335 e. The summed E-state index contributed by atoms with van der Waals surface area (Å²) < 4.78 is 45.0. The van der Waals surface area contributed by atoms with E-state index in [0.717, 1.165) is 11.3 Å². The highest BCUT2D eigenvalue weighted by Gasteiger charge is 2.50. The Morgan fingerprint density at radius 2 is 1.60 bits per heavy atom. The molecule has 10 atom stereocenters. The number of thiophene rings is 1. The molecule has 0 aromatic carbocycles. The van der Waals surface area contributed by atoms with Gasteiger partial charge in [0.2, 0.25) is 5.91 Å². The van der Waals surface area contributed by atoms with Crippen LogP contribution in [0.3, 0.4) is 0 Å². The van der Waals surface area contributed by atoms with Gasteiger partial charge in [-0.3, -0.25) is 4.79 Å². The van der Waals surface area contributed by atoms with Gasteiger partial charge in [-0.2, -0.15) is 11.3 Å². The van der Waals surface area contributed by atoms with Gasteiger partial charge in [0, 0.05) is 31.7 Å². The van der Waals surface area contributed by atoms with E-state index in [-0.39, 0.29) is 19.6 Å². The van der Waals surface area contributed by atoms with E-state index in [0.29, 0.717) is 39.6 Å². The van der Waals surface area contributed by atoms with E-state index in [9.17, 15) is 35.1 Å². The standard InChI is InChI=1S/C30H46N4O15S/c1-42-26-19(48-20(22(36)23(26)37)15-47-27-24(38)25(39)30(43-2)49-28(27)29(40)41)13-21(35)31-4-6-44-8-10-46-11-9-45-7-5-34-14-18(32-33-34)17-3-12-50-16-17/h3,12,14,16,19-20,22-28,30,36-39H,4-11,13,15H2,1-2H3,(H,31,35)(H,40,41). The van der Waals surface area contributed by atoms with Crippen molar-refractivity contribution in [1.82, 2.24) is 20.3 Å². The minimum Gasteiger partial charge on any atom is -0.479 e. The molecule has 2 aromatic heterocycles. The third kappa shape index (κ3) is 11.1. The second-order valence-electron chi connectivity index (χ2n) is 11.4. The fourth-order valence-corrected chi connectivity index (χ4v) is 6.05. The molecule has 2 aliphatic heterocycles. The van der Waals surface area contributed by atoms with Crippen molar-refractivity contribution in [2.45, 2.75) is 74.2 Å². The Morgan fingerprint density at radius 1 is 0.900 bits per heavy atom. The fourth-order valence-electron chi connectivity index (χ4n) is 5.40. The van der Waals surface area contributed by atoms with E-state index < -0.39 is 79.7 Å². The van der Waals surface area contributed by atoms with Gasteiger partial charge < -0.3 is 68.7 Å². The summed E-state index contributed by atoms with van der Waals surface area (Å²) in [7, 11) is 2.46. The van der Waals surface area contributed by atoms with Crippen molar-refractivity contribution in [1.29, 1.82) is 0 Å². The zero-order valence-corrected chi connectivity index (χ0v) is 28.5. The van der Waals surface area contributed by atoms with E-state index in [2.05, 4.69) is 15.6 Å². The highest BCUT2D eigenvalue weighted by atomic mass is 32.1. The molecule has 0 aliphatic carbocycles. The number of rotatable bonds is 21. The number of hydrogen-bond donors (Lipinski definition) is 6. The lowest BCUT2D eigenvalue weighted by molar-refractivity contribution is -0.302. The monoisotopic (exact) mass is 734 g/mol. The molecule has 0 spiro atoms. The molecule has 4 rings (SSSR count). The lowest BCUT2D eigenvalue weighted by atomic mass is 9.93. The van der Waals surface area contributed by atoms with Gasteiger partial charge in [-0.15, -0.1) is 5.10 Å². The Morgan fingerprint density at radius 3 is 2.26 bits per heavy atom. The largest absolute Gasteiger partial charge is 0.479 e. The van der Waals surface area contributed by atoms with Crippen molar-refractivity contribution >= 4 is 23.2 Å². The smallest absolute Gasteiger partial charge is 0.335 e. The molecule has 2 fully saturated rings.